The Morgan fingerprint density at radius 2 is 1.81 bits per heavy atom. The van der Waals surface area contributed by atoms with Crippen LogP contribution in [0.25, 0.3) is 11.1 Å². The molecule has 1 saturated heterocycles. The highest BCUT2D eigenvalue weighted by molar-refractivity contribution is 6.00. The molecule has 0 atom stereocenters. The van der Waals surface area contributed by atoms with Gasteiger partial charge in [0.15, 0.2) is 17.8 Å². The van der Waals surface area contributed by atoms with Gasteiger partial charge in [0.25, 0.3) is 5.91 Å². The molecule has 2 aliphatic rings. The summed E-state index contributed by atoms with van der Waals surface area (Å²) in [7, 11) is 2.97. The maximum Gasteiger partial charge on any atom is 0.410 e. The Morgan fingerprint density at radius 3 is 2.44 bits per heavy atom. The zero-order chi connectivity index (χ0) is 30.9. The lowest BCUT2D eigenvalue weighted by molar-refractivity contribution is -0.117. The van der Waals surface area contributed by atoms with Gasteiger partial charge in [0.05, 0.1) is 24.5 Å². The molecule has 5 rings (SSSR count). The molecule has 226 valence electrons. The Morgan fingerprint density at radius 1 is 1.07 bits per heavy atom. The monoisotopic (exact) mass is 590 g/mol. The molecule has 3 amide bonds. The third kappa shape index (κ3) is 6.42. The van der Waals surface area contributed by atoms with Crippen LogP contribution in [0.5, 0.6) is 5.75 Å². The van der Waals surface area contributed by atoms with E-state index in [-0.39, 0.29) is 35.1 Å². The van der Waals surface area contributed by atoms with Gasteiger partial charge in [-0.15, -0.1) is 10.2 Å². The molecule has 0 radical (unpaired) electrons. The predicted octanol–water partition coefficient (Wildman–Crippen LogP) is 3.40. The van der Waals surface area contributed by atoms with Crippen LogP contribution in [0, 0.1) is 5.92 Å². The molecule has 1 saturated carbocycles. The van der Waals surface area contributed by atoms with E-state index in [1.54, 1.807) is 34.0 Å². The summed E-state index contributed by atoms with van der Waals surface area (Å²) in [6.45, 7) is 6.22. The molecule has 43 heavy (non-hydrogen) atoms. The van der Waals surface area contributed by atoms with Crippen LogP contribution in [0.3, 0.4) is 0 Å². The second kappa shape index (κ2) is 11.7. The van der Waals surface area contributed by atoms with Gasteiger partial charge in [-0.1, -0.05) is 12.1 Å². The Labute approximate surface area is 248 Å². The largest absolute Gasteiger partial charge is 0.494 e. The van der Waals surface area contributed by atoms with Crippen molar-refractivity contribution in [2.75, 3.05) is 37.9 Å². The number of amides is 3. The van der Waals surface area contributed by atoms with Crippen molar-refractivity contribution in [2.24, 2.45) is 5.92 Å². The Kier molecular flexibility index (Phi) is 8.02. The quantitative estimate of drug-likeness (QED) is 0.314. The van der Waals surface area contributed by atoms with Gasteiger partial charge in [0, 0.05) is 49.4 Å². The highest BCUT2D eigenvalue weighted by atomic mass is 16.6. The second-order valence-corrected chi connectivity index (χ2v) is 11.4. The molecule has 3 aromatic rings. The fourth-order valence-electron chi connectivity index (χ4n) is 4.61. The molecule has 3 heterocycles. The number of nitrogens with one attached hydrogen (secondary N) is 3. The number of carbonyl (C=O) groups is 4. The molecule has 0 unspecified atom stereocenters. The third-order valence-corrected chi connectivity index (χ3v) is 6.97. The molecular formula is C29H34N8O6. The molecule has 1 aliphatic carbocycles. The van der Waals surface area contributed by atoms with E-state index >= 15 is 0 Å². The predicted molar refractivity (Wildman–Crippen MR) is 157 cm³/mol. The highest BCUT2D eigenvalue weighted by Gasteiger charge is 2.36. The van der Waals surface area contributed by atoms with E-state index in [2.05, 4.69) is 31.2 Å². The van der Waals surface area contributed by atoms with E-state index in [1.165, 1.54) is 20.2 Å². The molecule has 3 N–H and O–H groups in total. The second-order valence-electron chi connectivity index (χ2n) is 11.4. The number of para-hydroxylation sites is 1. The summed E-state index contributed by atoms with van der Waals surface area (Å²) >= 11 is 0. The molecule has 1 aromatic carbocycles. The van der Waals surface area contributed by atoms with Crippen molar-refractivity contribution in [2.45, 2.75) is 45.3 Å². The maximum atomic E-state index is 12.6. The van der Waals surface area contributed by atoms with Crippen molar-refractivity contribution in [3.63, 3.8) is 0 Å². The van der Waals surface area contributed by atoms with Gasteiger partial charge in [-0.3, -0.25) is 19.1 Å². The van der Waals surface area contributed by atoms with Crippen LogP contribution >= 0.6 is 0 Å². The fourth-order valence-corrected chi connectivity index (χ4v) is 4.61. The summed E-state index contributed by atoms with van der Waals surface area (Å²) in [5.41, 5.74) is 1.49. The van der Waals surface area contributed by atoms with E-state index in [0.717, 1.165) is 12.8 Å². The van der Waals surface area contributed by atoms with Crippen LogP contribution in [0.1, 0.15) is 60.6 Å². The zero-order valence-corrected chi connectivity index (χ0v) is 24.6. The summed E-state index contributed by atoms with van der Waals surface area (Å²) in [6, 6.07) is 6.71. The Bertz CT molecular complexity index is 1570. The average Bonchev–Trinajstić information content (AvgIpc) is 3.71. The SMILES string of the molecule is CNC(=O)c1nnc(NC(=O)C2CC2)cc1Nc1cccc(-c2cn(C3CN(C(=O)OC(C)(C)C)C3)nc2C=O)c1OC. The number of nitrogens with zero attached hydrogens (tertiary/aromatic N) is 5. The van der Waals surface area contributed by atoms with Crippen LogP contribution in [0.15, 0.2) is 30.5 Å². The molecule has 2 fully saturated rings. The molecule has 2 aromatic heterocycles. The zero-order valence-electron chi connectivity index (χ0n) is 24.6. The number of aromatic nitrogens is 4. The first-order chi connectivity index (χ1) is 20.5. The lowest BCUT2D eigenvalue weighted by Crippen LogP contribution is -2.52. The first-order valence-corrected chi connectivity index (χ1v) is 13.9. The van der Waals surface area contributed by atoms with Gasteiger partial charge in [0.2, 0.25) is 5.91 Å². The van der Waals surface area contributed by atoms with Crippen molar-refractivity contribution in [1.29, 1.82) is 0 Å². The highest BCUT2D eigenvalue weighted by Crippen LogP contribution is 2.40. The van der Waals surface area contributed by atoms with Gasteiger partial charge >= 0.3 is 6.09 Å². The van der Waals surface area contributed by atoms with E-state index in [4.69, 9.17) is 9.47 Å². The number of hydrogen-bond donors (Lipinski definition) is 3. The fraction of sp³-hybridized carbons (Fsp3) is 0.414. The average molecular weight is 591 g/mol. The molecule has 14 heteroatoms. The van der Waals surface area contributed by atoms with Gasteiger partial charge < -0.3 is 30.3 Å². The molecular weight excluding hydrogens is 556 g/mol. The number of aldehydes is 1. The summed E-state index contributed by atoms with van der Waals surface area (Å²) < 4.78 is 12.9. The number of ether oxygens (including phenoxy) is 2. The van der Waals surface area contributed by atoms with Crippen LogP contribution in [-0.2, 0) is 9.53 Å². The number of benzene rings is 1. The normalized spacial score (nSPS) is 14.9. The molecule has 0 bridgehead atoms. The topological polar surface area (TPSA) is 170 Å². The lowest BCUT2D eigenvalue weighted by Gasteiger charge is -2.39. The van der Waals surface area contributed by atoms with E-state index in [1.807, 2.05) is 20.8 Å². The summed E-state index contributed by atoms with van der Waals surface area (Å²) in [4.78, 5) is 50.9. The van der Waals surface area contributed by atoms with Crippen molar-refractivity contribution in [3.8, 4) is 16.9 Å². The molecule has 1 aliphatic heterocycles. The molecule has 0 spiro atoms. The smallest absolute Gasteiger partial charge is 0.410 e. The standard InChI is InChI=1S/C29H34N8O6/c1-29(2,3)43-28(41)36-12-17(13-36)37-14-19(22(15-38)35-37)18-7-6-8-20(25(18)42-5)31-21-11-23(32-26(39)16-9-10-16)33-34-24(21)27(40)30-4/h6-8,11,14-17H,9-10,12-13H2,1-5H3,(H,30,40)(H2,31,32,33,39). The van der Waals surface area contributed by atoms with Crippen LogP contribution in [-0.4, -0.2) is 81.9 Å². The van der Waals surface area contributed by atoms with Crippen molar-refractivity contribution in [1.82, 2.24) is 30.2 Å². The Balaban J connectivity index is 1.42. The first-order valence-electron chi connectivity index (χ1n) is 13.9. The number of carbonyl (C=O) groups excluding carboxylic acids is 4. The third-order valence-electron chi connectivity index (χ3n) is 6.97. The van der Waals surface area contributed by atoms with Crippen molar-refractivity contribution < 1.29 is 28.7 Å². The van der Waals surface area contributed by atoms with Crippen LogP contribution in [0.4, 0.5) is 22.0 Å². The summed E-state index contributed by atoms with van der Waals surface area (Å²) in [5.74, 6) is -0.0749. The van der Waals surface area contributed by atoms with Gasteiger partial charge in [-0.05, 0) is 39.7 Å². The molecule has 14 nitrogen and oxygen atoms in total. The van der Waals surface area contributed by atoms with Crippen LogP contribution < -0.4 is 20.7 Å². The van der Waals surface area contributed by atoms with Gasteiger partial charge in [-0.2, -0.15) is 5.10 Å². The minimum Gasteiger partial charge on any atom is -0.494 e. The number of likely N-dealkylation sites (tertiary alicyclic amines) is 1. The number of rotatable bonds is 9. The van der Waals surface area contributed by atoms with E-state index in [9.17, 15) is 19.2 Å². The van der Waals surface area contributed by atoms with Crippen molar-refractivity contribution in [3.05, 3.63) is 41.9 Å². The number of anilines is 3. The van der Waals surface area contributed by atoms with E-state index in [0.29, 0.717) is 47.6 Å². The van der Waals surface area contributed by atoms with Gasteiger partial charge in [-0.25, -0.2) is 4.79 Å². The summed E-state index contributed by atoms with van der Waals surface area (Å²) in [6.07, 6.45) is 3.67. The van der Waals surface area contributed by atoms with Gasteiger partial charge in [0.1, 0.15) is 17.0 Å². The Hall–Kier alpha value is -5.01. The number of methoxy groups -OCH3 is 1. The van der Waals surface area contributed by atoms with Crippen molar-refractivity contribution >= 4 is 41.4 Å². The first kappa shape index (κ1) is 29.5. The maximum absolute atomic E-state index is 12.6. The van der Waals surface area contributed by atoms with Crippen LogP contribution in [0.2, 0.25) is 0 Å². The number of hydrogen-bond acceptors (Lipinski definition) is 10. The van der Waals surface area contributed by atoms with E-state index < -0.39 is 17.6 Å². The minimum absolute atomic E-state index is 0.0142. The summed E-state index contributed by atoms with van der Waals surface area (Å²) in [5, 5.41) is 21.0. The lowest BCUT2D eigenvalue weighted by atomic mass is 10.0. The minimum atomic E-state index is -0.596.